The highest BCUT2D eigenvalue weighted by atomic mass is 16.4. The fourth-order valence-electron chi connectivity index (χ4n) is 2.38. The Morgan fingerprint density at radius 1 is 1.26 bits per heavy atom. The summed E-state index contributed by atoms with van der Waals surface area (Å²) in [5.74, 6) is -0.154. The van der Waals surface area contributed by atoms with Crippen molar-refractivity contribution in [2.24, 2.45) is 5.92 Å². The summed E-state index contributed by atoms with van der Waals surface area (Å²) in [6, 6.07) is 3.81. The van der Waals surface area contributed by atoms with Crippen molar-refractivity contribution in [1.29, 1.82) is 0 Å². The van der Waals surface area contributed by atoms with Gasteiger partial charge in [0.2, 0.25) is 0 Å². The maximum Gasteiger partial charge on any atom is 0.306 e. The number of anilines is 1. The van der Waals surface area contributed by atoms with Crippen LogP contribution in [-0.4, -0.2) is 27.9 Å². The molecule has 0 saturated heterocycles. The minimum absolute atomic E-state index is 0.000941. The number of aliphatic carboxylic acids is 1. The van der Waals surface area contributed by atoms with E-state index in [1.807, 2.05) is 0 Å². The molecule has 1 saturated carbocycles. The number of nitrogens with one attached hydrogen (secondary N) is 1. The number of carbonyl (C=O) groups excluding carboxylic acids is 1. The third kappa shape index (κ3) is 3.53. The van der Waals surface area contributed by atoms with Gasteiger partial charge in [0.15, 0.2) is 5.78 Å². The van der Waals surface area contributed by atoms with Gasteiger partial charge in [0.1, 0.15) is 5.82 Å². The van der Waals surface area contributed by atoms with Gasteiger partial charge < -0.3 is 10.4 Å². The van der Waals surface area contributed by atoms with Crippen LogP contribution >= 0.6 is 0 Å². The third-order valence-corrected chi connectivity index (χ3v) is 3.60. The van der Waals surface area contributed by atoms with Gasteiger partial charge in [-0.05, 0) is 44.7 Å². The second kappa shape index (κ2) is 5.82. The monoisotopic (exact) mass is 262 g/mol. The number of carboxylic acids is 1. The second-order valence-corrected chi connectivity index (χ2v) is 5.02. The smallest absolute Gasteiger partial charge is 0.306 e. The molecule has 1 aliphatic rings. The molecule has 0 spiro atoms. The molecule has 5 nitrogen and oxygen atoms in total. The Morgan fingerprint density at radius 2 is 1.95 bits per heavy atom. The van der Waals surface area contributed by atoms with Gasteiger partial charge in [0.05, 0.1) is 5.92 Å². The van der Waals surface area contributed by atoms with Crippen molar-refractivity contribution in [2.75, 3.05) is 5.32 Å². The zero-order valence-corrected chi connectivity index (χ0v) is 10.9. The van der Waals surface area contributed by atoms with Crippen molar-refractivity contribution in [3.8, 4) is 0 Å². The number of hydrogen-bond donors (Lipinski definition) is 2. The average Bonchev–Trinajstić information content (AvgIpc) is 2.40. The van der Waals surface area contributed by atoms with E-state index < -0.39 is 5.97 Å². The van der Waals surface area contributed by atoms with Crippen molar-refractivity contribution in [1.82, 2.24) is 4.98 Å². The molecule has 1 heterocycles. The fraction of sp³-hybridized carbons (Fsp3) is 0.500. The molecule has 19 heavy (non-hydrogen) atoms. The quantitative estimate of drug-likeness (QED) is 0.814. The molecule has 1 fully saturated rings. The number of rotatable bonds is 4. The molecule has 1 aliphatic carbocycles. The summed E-state index contributed by atoms with van der Waals surface area (Å²) in [6.45, 7) is 1.51. The molecule has 5 heteroatoms. The first-order valence-electron chi connectivity index (χ1n) is 6.52. The number of Topliss-reactive ketones (excluding diaryl/α,β-unsaturated/α-hetero) is 1. The SMILES string of the molecule is CC(=O)c1ccc(NC2CCC(C(=O)O)CC2)nc1. The van der Waals surface area contributed by atoms with E-state index in [1.54, 1.807) is 18.3 Å². The Morgan fingerprint density at radius 3 is 2.42 bits per heavy atom. The van der Waals surface area contributed by atoms with Crippen LogP contribution in [0.1, 0.15) is 43.0 Å². The molecule has 1 aromatic rings. The maximum atomic E-state index is 11.1. The molecule has 0 aliphatic heterocycles. The van der Waals surface area contributed by atoms with Crippen LogP contribution in [0.4, 0.5) is 5.82 Å². The van der Waals surface area contributed by atoms with Gasteiger partial charge in [-0.25, -0.2) is 4.98 Å². The van der Waals surface area contributed by atoms with E-state index in [4.69, 9.17) is 5.11 Å². The van der Waals surface area contributed by atoms with Crippen molar-refractivity contribution < 1.29 is 14.7 Å². The molecule has 0 radical (unpaired) electrons. The summed E-state index contributed by atoms with van der Waals surface area (Å²) in [6.07, 6.45) is 4.66. The molecule has 102 valence electrons. The highest BCUT2D eigenvalue weighted by Gasteiger charge is 2.25. The number of carboxylic acid groups (broad SMARTS) is 1. The lowest BCUT2D eigenvalue weighted by atomic mass is 9.86. The molecular weight excluding hydrogens is 244 g/mol. The minimum atomic E-state index is -0.692. The largest absolute Gasteiger partial charge is 0.481 e. The van der Waals surface area contributed by atoms with Gasteiger partial charge in [-0.1, -0.05) is 0 Å². The zero-order valence-electron chi connectivity index (χ0n) is 10.9. The summed E-state index contributed by atoms with van der Waals surface area (Å²) in [4.78, 5) is 26.2. The van der Waals surface area contributed by atoms with Gasteiger partial charge in [-0.15, -0.1) is 0 Å². The third-order valence-electron chi connectivity index (χ3n) is 3.60. The number of carbonyl (C=O) groups is 2. The van der Waals surface area contributed by atoms with Crippen LogP contribution in [-0.2, 0) is 4.79 Å². The second-order valence-electron chi connectivity index (χ2n) is 5.02. The van der Waals surface area contributed by atoms with Crippen LogP contribution in [0.15, 0.2) is 18.3 Å². The Kier molecular flexibility index (Phi) is 4.14. The van der Waals surface area contributed by atoms with Crippen molar-refractivity contribution in [3.63, 3.8) is 0 Å². The van der Waals surface area contributed by atoms with Crippen molar-refractivity contribution in [3.05, 3.63) is 23.9 Å². The standard InChI is InChI=1S/C14H18N2O3/c1-9(17)11-4-7-13(15-8-11)16-12-5-2-10(3-6-12)14(18)19/h4,7-8,10,12H,2-3,5-6H2,1H3,(H,15,16)(H,18,19). The van der Waals surface area contributed by atoms with Gasteiger partial charge in [-0.2, -0.15) is 0 Å². The number of pyridine rings is 1. The lowest BCUT2D eigenvalue weighted by Gasteiger charge is -2.27. The fourth-order valence-corrected chi connectivity index (χ4v) is 2.38. The van der Waals surface area contributed by atoms with Gasteiger partial charge in [-0.3, -0.25) is 9.59 Å². The Bertz CT molecular complexity index is 462. The normalized spacial score (nSPS) is 22.8. The van der Waals surface area contributed by atoms with E-state index in [1.165, 1.54) is 6.92 Å². The van der Waals surface area contributed by atoms with Gasteiger partial charge in [0, 0.05) is 17.8 Å². The lowest BCUT2D eigenvalue weighted by molar-refractivity contribution is -0.142. The average molecular weight is 262 g/mol. The van der Waals surface area contributed by atoms with Crippen LogP contribution in [0.2, 0.25) is 0 Å². The summed E-state index contributed by atoms with van der Waals surface area (Å²) < 4.78 is 0. The summed E-state index contributed by atoms with van der Waals surface area (Å²) in [7, 11) is 0. The number of ketones is 1. The Labute approximate surface area is 112 Å². The van der Waals surface area contributed by atoms with E-state index in [2.05, 4.69) is 10.3 Å². The van der Waals surface area contributed by atoms with Crippen molar-refractivity contribution >= 4 is 17.6 Å². The van der Waals surface area contributed by atoms with E-state index >= 15 is 0 Å². The molecule has 0 amide bonds. The summed E-state index contributed by atoms with van der Waals surface area (Å²) in [5, 5.41) is 12.2. The molecule has 0 aromatic carbocycles. The van der Waals surface area contributed by atoms with Gasteiger partial charge >= 0.3 is 5.97 Å². The van der Waals surface area contributed by atoms with E-state index in [0.29, 0.717) is 18.4 Å². The van der Waals surface area contributed by atoms with Gasteiger partial charge in [0.25, 0.3) is 0 Å². The number of aromatic nitrogens is 1. The van der Waals surface area contributed by atoms with Crippen molar-refractivity contribution in [2.45, 2.75) is 38.6 Å². The zero-order chi connectivity index (χ0) is 13.8. The van der Waals surface area contributed by atoms with Crippen LogP contribution in [0.25, 0.3) is 0 Å². The maximum absolute atomic E-state index is 11.1. The molecule has 0 atom stereocenters. The first kappa shape index (κ1) is 13.5. The Hall–Kier alpha value is -1.91. The first-order valence-corrected chi connectivity index (χ1v) is 6.52. The van der Waals surface area contributed by atoms with Crippen LogP contribution in [0.5, 0.6) is 0 Å². The predicted molar refractivity (Wildman–Crippen MR) is 71.2 cm³/mol. The number of nitrogens with zero attached hydrogens (tertiary/aromatic N) is 1. The van der Waals surface area contributed by atoms with Crippen LogP contribution < -0.4 is 5.32 Å². The minimum Gasteiger partial charge on any atom is -0.481 e. The van der Waals surface area contributed by atoms with E-state index in [-0.39, 0.29) is 17.7 Å². The summed E-state index contributed by atoms with van der Waals surface area (Å²) in [5.41, 5.74) is 0.597. The Balaban J connectivity index is 1.88. The number of hydrogen-bond acceptors (Lipinski definition) is 4. The molecule has 0 unspecified atom stereocenters. The molecular formula is C14H18N2O3. The van der Waals surface area contributed by atoms with Crippen LogP contribution in [0.3, 0.4) is 0 Å². The topological polar surface area (TPSA) is 79.3 Å². The van der Waals surface area contributed by atoms with E-state index in [0.717, 1.165) is 18.7 Å². The van der Waals surface area contributed by atoms with E-state index in [9.17, 15) is 9.59 Å². The predicted octanol–water partition coefficient (Wildman–Crippen LogP) is 2.34. The lowest BCUT2D eigenvalue weighted by Crippen LogP contribution is -2.29. The molecule has 1 aromatic heterocycles. The first-order chi connectivity index (χ1) is 9.06. The molecule has 0 bridgehead atoms. The highest BCUT2D eigenvalue weighted by molar-refractivity contribution is 5.93. The molecule has 2 N–H and O–H groups in total. The van der Waals surface area contributed by atoms with Crippen LogP contribution in [0, 0.1) is 5.92 Å². The molecule has 2 rings (SSSR count). The highest BCUT2D eigenvalue weighted by Crippen LogP contribution is 2.26. The summed E-state index contributed by atoms with van der Waals surface area (Å²) >= 11 is 0.